The van der Waals surface area contributed by atoms with Gasteiger partial charge >= 0.3 is 5.97 Å². The summed E-state index contributed by atoms with van der Waals surface area (Å²) in [5, 5.41) is 11.7. The monoisotopic (exact) mass is 285 g/mol. The molecule has 0 spiro atoms. The highest BCUT2D eigenvalue weighted by Gasteiger charge is 2.11. The summed E-state index contributed by atoms with van der Waals surface area (Å²) >= 11 is 0. The van der Waals surface area contributed by atoms with Crippen molar-refractivity contribution in [3.63, 3.8) is 0 Å². The number of carboxylic acids is 1. The minimum Gasteiger partial charge on any atom is -0.478 e. The van der Waals surface area contributed by atoms with E-state index >= 15 is 0 Å². The number of carbonyl (C=O) groups is 2. The van der Waals surface area contributed by atoms with Crippen LogP contribution in [0.2, 0.25) is 0 Å². The van der Waals surface area contributed by atoms with Gasteiger partial charge in [0.25, 0.3) is 0 Å². The summed E-state index contributed by atoms with van der Waals surface area (Å²) in [6.45, 7) is 3.60. The number of aromatic carboxylic acids is 1. The first-order valence-electron chi connectivity index (χ1n) is 6.35. The van der Waals surface area contributed by atoms with Gasteiger partial charge in [-0.1, -0.05) is 11.6 Å². The predicted molar refractivity (Wildman–Crippen MR) is 79.2 cm³/mol. The van der Waals surface area contributed by atoms with Crippen molar-refractivity contribution in [2.24, 2.45) is 0 Å². The smallest absolute Gasteiger partial charge is 0.337 e. The summed E-state index contributed by atoms with van der Waals surface area (Å²) in [4.78, 5) is 23.0. The molecule has 0 saturated carbocycles. The zero-order chi connectivity index (χ0) is 15.4. The zero-order valence-electron chi connectivity index (χ0n) is 11.7. The second-order valence-electron chi connectivity index (χ2n) is 4.63. The van der Waals surface area contributed by atoms with E-state index in [9.17, 15) is 9.59 Å². The quantitative estimate of drug-likeness (QED) is 0.845. The third kappa shape index (κ3) is 3.82. The normalized spacial score (nSPS) is 10.8. The summed E-state index contributed by atoms with van der Waals surface area (Å²) in [7, 11) is 0. The lowest BCUT2D eigenvalue weighted by atomic mass is 10.1. The van der Waals surface area contributed by atoms with Crippen LogP contribution >= 0.6 is 0 Å². The van der Waals surface area contributed by atoms with Gasteiger partial charge in [-0.05, 0) is 44.2 Å². The molecule has 1 heterocycles. The van der Waals surface area contributed by atoms with Crippen LogP contribution in [-0.2, 0) is 4.79 Å². The van der Waals surface area contributed by atoms with Gasteiger partial charge in [-0.3, -0.25) is 4.79 Å². The molecule has 21 heavy (non-hydrogen) atoms. The number of hydrogen-bond acceptors (Lipinski definition) is 3. The van der Waals surface area contributed by atoms with Gasteiger partial charge < -0.3 is 14.8 Å². The van der Waals surface area contributed by atoms with Crippen LogP contribution in [0, 0.1) is 13.8 Å². The molecule has 0 bridgehead atoms. The number of aryl methyl sites for hydroxylation is 2. The largest absolute Gasteiger partial charge is 0.478 e. The van der Waals surface area contributed by atoms with Crippen LogP contribution in [-0.4, -0.2) is 17.0 Å². The third-order valence-electron chi connectivity index (χ3n) is 2.82. The molecular formula is C16H15NO4. The third-order valence-corrected chi connectivity index (χ3v) is 2.82. The summed E-state index contributed by atoms with van der Waals surface area (Å²) < 4.78 is 5.30. The van der Waals surface area contributed by atoms with Crippen LogP contribution in [0.3, 0.4) is 0 Å². The fourth-order valence-electron chi connectivity index (χ4n) is 1.82. The van der Waals surface area contributed by atoms with Gasteiger partial charge in [-0.25, -0.2) is 4.79 Å². The van der Waals surface area contributed by atoms with E-state index in [0.717, 1.165) is 11.3 Å². The highest BCUT2D eigenvalue weighted by Crippen LogP contribution is 2.17. The molecule has 0 radical (unpaired) electrons. The van der Waals surface area contributed by atoms with Gasteiger partial charge in [0, 0.05) is 6.08 Å². The number of carbonyl (C=O) groups excluding carboxylic acids is 1. The van der Waals surface area contributed by atoms with Crippen LogP contribution in [0.4, 0.5) is 5.69 Å². The van der Waals surface area contributed by atoms with E-state index in [1.54, 1.807) is 31.2 Å². The molecule has 0 aliphatic rings. The first-order chi connectivity index (χ1) is 9.95. The molecule has 2 aromatic rings. The van der Waals surface area contributed by atoms with E-state index in [-0.39, 0.29) is 11.3 Å². The number of furan rings is 1. The zero-order valence-corrected chi connectivity index (χ0v) is 11.7. The summed E-state index contributed by atoms with van der Waals surface area (Å²) in [5.41, 5.74) is 1.14. The van der Waals surface area contributed by atoms with Gasteiger partial charge in [-0.2, -0.15) is 0 Å². The maximum absolute atomic E-state index is 11.8. The van der Waals surface area contributed by atoms with Crippen molar-refractivity contribution in [1.82, 2.24) is 0 Å². The molecule has 0 aliphatic heterocycles. The molecule has 2 N–H and O–H groups in total. The van der Waals surface area contributed by atoms with Gasteiger partial charge in [0.2, 0.25) is 5.91 Å². The van der Waals surface area contributed by atoms with E-state index in [1.807, 2.05) is 6.92 Å². The van der Waals surface area contributed by atoms with E-state index in [0.29, 0.717) is 5.76 Å². The number of carboxylic acid groups (broad SMARTS) is 1. The van der Waals surface area contributed by atoms with E-state index < -0.39 is 11.9 Å². The van der Waals surface area contributed by atoms with E-state index in [2.05, 4.69) is 5.32 Å². The molecule has 1 aromatic carbocycles. The average molecular weight is 285 g/mol. The molecule has 0 saturated heterocycles. The molecule has 1 amide bonds. The van der Waals surface area contributed by atoms with Crippen molar-refractivity contribution in [2.75, 3.05) is 5.32 Å². The standard InChI is InChI=1S/C16H15NO4/c1-10-3-7-14(13(9-10)16(19)20)17-15(18)8-6-12-5-4-11(2)21-12/h3-9H,1-2H3,(H,17,18)(H,19,20)/b8-6+. The minimum absolute atomic E-state index is 0.0607. The van der Waals surface area contributed by atoms with Gasteiger partial charge in [0.15, 0.2) is 0 Å². The first kappa shape index (κ1) is 14.6. The fourth-order valence-corrected chi connectivity index (χ4v) is 1.82. The Morgan fingerprint density at radius 3 is 2.57 bits per heavy atom. The molecule has 0 unspecified atom stereocenters. The Kier molecular flexibility index (Phi) is 4.23. The molecule has 0 fully saturated rings. The highest BCUT2D eigenvalue weighted by molar-refractivity contribution is 6.06. The second-order valence-corrected chi connectivity index (χ2v) is 4.63. The highest BCUT2D eigenvalue weighted by atomic mass is 16.4. The topological polar surface area (TPSA) is 79.5 Å². The number of nitrogens with one attached hydrogen (secondary N) is 1. The molecule has 5 nitrogen and oxygen atoms in total. The second kappa shape index (κ2) is 6.09. The number of benzene rings is 1. The summed E-state index contributed by atoms with van der Waals surface area (Å²) in [6, 6.07) is 8.36. The van der Waals surface area contributed by atoms with E-state index in [1.165, 1.54) is 18.2 Å². The maximum atomic E-state index is 11.8. The maximum Gasteiger partial charge on any atom is 0.337 e. The summed E-state index contributed by atoms with van der Waals surface area (Å²) in [5.74, 6) is -0.193. The number of hydrogen-bond donors (Lipinski definition) is 2. The number of anilines is 1. The first-order valence-corrected chi connectivity index (χ1v) is 6.35. The average Bonchev–Trinajstić information content (AvgIpc) is 2.84. The Hall–Kier alpha value is -2.82. The lowest BCUT2D eigenvalue weighted by Gasteiger charge is -2.07. The van der Waals surface area contributed by atoms with Crippen molar-refractivity contribution >= 4 is 23.6 Å². The van der Waals surface area contributed by atoms with E-state index in [4.69, 9.17) is 9.52 Å². The van der Waals surface area contributed by atoms with Crippen LogP contribution in [0.15, 0.2) is 40.8 Å². The molecule has 5 heteroatoms. The lowest BCUT2D eigenvalue weighted by Crippen LogP contribution is -2.12. The molecular weight excluding hydrogens is 270 g/mol. The van der Waals surface area contributed by atoms with Crippen molar-refractivity contribution in [1.29, 1.82) is 0 Å². The molecule has 2 rings (SSSR count). The van der Waals surface area contributed by atoms with Gasteiger partial charge in [0.1, 0.15) is 11.5 Å². The number of amides is 1. The van der Waals surface area contributed by atoms with Crippen LogP contribution < -0.4 is 5.32 Å². The molecule has 108 valence electrons. The fraction of sp³-hybridized carbons (Fsp3) is 0.125. The van der Waals surface area contributed by atoms with Crippen molar-refractivity contribution in [3.8, 4) is 0 Å². The Bertz CT molecular complexity index is 713. The van der Waals surface area contributed by atoms with Crippen LogP contribution in [0.5, 0.6) is 0 Å². The Morgan fingerprint density at radius 2 is 1.95 bits per heavy atom. The Labute approximate surface area is 121 Å². The SMILES string of the molecule is Cc1ccc(NC(=O)/C=C/c2ccc(C)o2)c(C(=O)O)c1. The van der Waals surface area contributed by atoms with Crippen molar-refractivity contribution < 1.29 is 19.1 Å². The van der Waals surface area contributed by atoms with Gasteiger partial charge in [0.05, 0.1) is 11.3 Å². The Balaban J connectivity index is 2.13. The molecule has 0 atom stereocenters. The number of rotatable bonds is 4. The summed E-state index contributed by atoms with van der Waals surface area (Å²) in [6.07, 6.45) is 2.82. The molecule has 0 aliphatic carbocycles. The molecule has 1 aromatic heterocycles. The predicted octanol–water partition coefficient (Wildman–Crippen LogP) is 3.25. The minimum atomic E-state index is -1.08. The van der Waals surface area contributed by atoms with Crippen molar-refractivity contribution in [2.45, 2.75) is 13.8 Å². The Morgan fingerprint density at radius 1 is 1.19 bits per heavy atom. The lowest BCUT2D eigenvalue weighted by molar-refractivity contribution is -0.111. The van der Waals surface area contributed by atoms with Crippen LogP contribution in [0.1, 0.15) is 27.4 Å². The van der Waals surface area contributed by atoms with Crippen molar-refractivity contribution in [3.05, 3.63) is 59.1 Å². The van der Waals surface area contributed by atoms with Crippen LogP contribution in [0.25, 0.3) is 6.08 Å². The van der Waals surface area contributed by atoms with Gasteiger partial charge in [-0.15, -0.1) is 0 Å².